The topological polar surface area (TPSA) is 34.2 Å². The van der Waals surface area contributed by atoms with Gasteiger partial charge in [-0.15, -0.1) is 0 Å². The summed E-state index contributed by atoms with van der Waals surface area (Å²) in [7, 11) is 0. The molecule has 2 heterocycles. The molecule has 0 aromatic carbocycles. The molecule has 6 heteroatoms. The number of nitrogens with one attached hydrogen (secondary N) is 1. The van der Waals surface area contributed by atoms with Crippen molar-refractivity contribution in [2.75, 3.05) is 13.2 Å². The number of halogens is 3. The molecule has 0 spiro atoms. The van der Waals surface area contributed by atoms with E-state index in [1.165, 1.54) is 6.07 Å². The lowest BCUT2D eigenvalue weighted by Crippen LogP contribution is -2.57. The highest BCUT2D eigenvalue weighted by molar-refractivity contribution is 5.28. The van der Waals surface area contributed by atoms with Crippen LogP contribution in [0.25, 0.3) is 0 Å². The summed E-state index contributed by atoms with van der Waals surface area (Å²) in [4.78, 5) is 4.18. The summed E-state index contributed by atoms with van der Waals surface area (Å²) in [6, 6.07) is 2.56. The highest BCUT2D eigenvalue weighted by atomic mass is 19.4. The van der Waals surface area contributed by atoms with Crippen LogP contribution < -0.4 is 5.32 Å². The third-order valence-electron chi connectivity index (χ3n) is 3.37. The number of pyridine rings is 1. The van der Waals surface area contributed by atoms with Gasteiger partial charge in [0.15, 0.2) is 0 Å². The Morgan fingerprint density at radius 3 is 2.45 bits per heavy atom. The van der Waals surface area contributed by atoms with Gasteiger partial charge >= 0.3 is 6.18 Å². The van der Waals surface area contributed by atoms with Crippen molar-refractivity contribution in [3.05, 3.63) is 29.1 Å². The molecule has 1 aliphatic rings. The van der Waals surface area contributed by atoms with Gasteiger partial charge in [-0.25, -0.2) is 0 Å². The lowest BCUT2D eigenvalue weighted by atomic mass is 10.00. The average molecular weight is 288 g/mol. The molecule has 0 aliphatic carbocycles. The first-order valence-electron chi connectivity index (χ1n) is 6.61. The van der Waals surface area contributed by atoms with Crippen molar-refractivity contribution in [1.82, 2.24) is 10.3 Å². The zero-order valence-corrected chi connectivity index (χ0v) is 11.8. The van der Waals surface area contributed by atoms with Crippen molar-refractivity contribution < 1.29 is 17.9 Å². The van der Waals surface area contributed by atoms with Gasteiger partial charge in [-0.3, -0.25) is 4.98 Å². The van der Waals surface area contributed by atoms with Crippen LogP contribution in [0.4, 0.5) is 13.2 Å². The Balaban J connectivity index is 2.17. The van der Waals surface area contributed by atoms with Crippen LogP contribution in [-0.2, 0) is 17.5 Å². The minimum atomic E-state index is -4.35. The van der Waals surface area contributed by atoms with Crippen LogP contribution in [-0.4, -0.2) is 23.7 Å². The van der Waals surface area contributed by atoms with Crippen LogP contribution in [0.15, 0.2) is 12.1 Å². The summed E-state index contributed by atoms with van der Waals surface area (Å²) in [5, 5.41) is 3.27. The molecule has 1 fully saturated rings. The standard InChI is InChI=1S/C14H19F3N2O/c1-9(2)12-11(14(15,16)17)5-4-10(19-12)6-18-13(3)7-20-8-13/h4-5,9,18H,6-8H2,1-3H3. The van der Waals surface area contributed by atoms with E-state index in [4.69, 9.17) is 4.74 Å². The average Bonchev–Trinajstić information content (AvgIpc) is 2.32. The summed E-state index contributed by atoms with van der Waals surface area (Å²) in [5.41, 5.74) is -0.0152. The van der Waals surface area contributed by atoms with Crippen molar-refractivity contribution in [1.29, 1.82) is 0 Å². The number of ether oxygens (including phenoxy) is 1. The van der Waals surface area contributed by atoms with Gasteiger partial charge in [-0.1, -0.05) is 13.8 Å². The molecular formula is C14H19F3N2O. The first-order valence-corrected chi connectivity index (χ1v) is 6.61. The van der Waals surface area contributed by atoms with E-state index in [0.29, 0.717) is 25.5 Å². The van der Waals surface area contributed by atoms with Gasteiger partial charge in [0, 0.05) is 6.54 Å². The highest BCUT2D eigenvalue weighted by Gasteiger charge is 2.35. The van der Waals surface area contributed by atoms with Crippen molar-refractivity contribution >= 4 is 0 Å². The lowest BCUT2D eigenvalue weighted by Gasteiger charge is -2.39. The van der Waals surface area contributed by atoms with Crippen LogP contribution in [0.5, 0.6) is 0 Å². The number of hydrogen-bond acceptors (Lipinski definition) is 3. The molecule has 2 rings (SSSR count). The first-order chi connectivity index (χ1) is 9.21. The van der Waals surface area contributed by atoms with Crippen LogP contribution in [0, 0.1) is 0 Å². The number of rotatable bonds is 4. The predicted octanol–water partition coefficient (Wildman–Crippen LogP) is 3.10. The van der Waals surface area contributed by atoms with E-state index < -0.39 is 11.7 Å². The molecule has 1 aliphatic heterocycles. The fourth-order valence-electron chi connectivity index (χ4n) is 2.11. The Morgan fingerprint density at radius 1 is 1.35 bits per heavy atom. The minimum Gasteiger partial charge on any atom is -0.377 e. The van der Waals surface area contributed by atoms with E-state index in [2.05, 4.69) is 10.3 Å². The van der Waals surface area contributed by atoms with E-state index in [9.17, 15) is 13.2 Å². The van der Waals surface area contributed by atoms with Gasteiger partial charge in [0.2, 0.25) is 0 Å². The maximum Gasteiger partial charge on any atom is 0.418 e. The summed E-state index contributed by atoms with van der Waals surface area (Å²) < 4.78 is 43.8. The molecule has 0 radical (unpaired) electrons. The van der Waals surface area contributed by atoms with Gasteiger partial charge in [-0.05, 0) is 25.0 Å². The molecule has 0 amide bonds. The third-order valence-corrected chi connectivity index (χ3v) is 3.37. The molecule has 3 nitrogen and oxygen atoms in total. The molecule has 112 valence electrons. The molecule has 1 saturated heterocycles. The molecule has 1 aromatic rings. The molecule has 0 atom stereocenters. The second-order valence-electron chi connectivity index (χ2n) is 5.79. The Bertz CT molecular complexity index is 482. The summed E-state index contributed by atoms with van der Waals surface area (Å²) >= 11 is 0. The largest absolute Gasteiger partial charge is 0.418 e. The van der Waals surface area contributed by atoms with E-state index in [0.717, 1.165) is 6.07 Å². The van der Waals surface area contributed by atoms with Crippen LogP contribution in [0.3, 0.4) is 0 Å². The second-order valence-corrected chi connectivity index (χ2v) is 5.79. The SMILES string of the molecule is CC(C)c1nc(CNC2(C)COC2)ccc1C(F)(F)F. The van der Waals surface area contributed by atoms with Crippen molar-refractivity contribution in [3.8, 4) is 0 Å². The van der Waals surface area contributed by atoms with Gasteiger partial charge in [-0.2, -0.15) is 13.2 Å². The van der Waals surface area contributed by atoms with Crippen LogP contribution in [0.2, 0.25) is 0 Å². The molecule has 20 heavy (non-hydrogen) atoms. The van der Waals surface area contributed by atoms with E-state index in [-0.39, 0.29) is 17.2 Å². The normalized spacial score (nSPS) is 18.1. The first kappa shape index (κ1) is 15.3. The van der Waals surface area contributed by atoms with Crippen molar-refractivity contribution in [3.63, 3.8) is 0 Å². The van der Waals surface area contributed by atoms with Crippen molar-refractivity contribution in [2.45, 2.75) is 44.9 Å². The van der Waals surface area contributed by atoms with E-state index in [1.54, 1.807) is 13.8 Å². The zero-order chi connectivity index (χ0) is 15.0. The molecule has 0 bridgehead atoms. The monoisotopic (exact) mass is 288 g/mol. The zero-order valence-electron chi connectivity index (χ0n) is 11.8. The maximum atomic E-state index is 12.9. The van der Waals surface area contributed by atoms with Gasteiger partial charge < -0.3 is 10.1 Å². The lowest BCUT2D eigenvalue weighted by molar-refractivity contribution is -0.138. The maximum absolute atomic E-state index is 12.9. The van der Waals surface area contributed by atoms with Gasteiger partial charge in [0.25, 0.3) is 0 Å². The predicted molar refractivity (Wildman–Crippen MR) is 69.4 cm³/mol. The summed E-state index contributed by atoms with van der Waals surface area (Å²) in [6.45, 7) is 7.13. The molecule has 1 N–H and O–H groups in total. The number of alkyl halides is 3. The number of nitrogens with zero attached hydrogens (tertiary/aromatic N) is 1. The summed E-state index contributed by atoms with van der Waals surface area (Å²) in [5.74, 6) is -0.269. The number of hydrogen-bond donors (Lipinski definition) is 1. The van der Waals surface area contributed by atoms with Gasteiger partial charge in [0.05, 0.1) is 35.7 Å². The Morgan fingerprint density at radius 2 is 2.00 bits per heavy atom. The van der Waals surface area contributed by atoms with E-state index in [1.807, 2.05) is 6.92 Å². The fraction of sp³-hybridized carbons (Fsp3) is 0.643. The molecule has 1 aromatic heterocycles. The fourth-order valence-corrected chi connectivity index (χ4v) is 2.11. The van der Waals surface area contributed by atoms with Crippen LogP contribution in [0.1, 0.15) is 43.6 Å². The second kappa shape index (κ2) is 5.33. The van der Waals surface area contributed by atoms with Crippen LogP contribution >= 0.6 is 0 Å². The van der Waals surface area contributed by atoms with Crippen molar-refractivity contribution in [2.24, 2.45) is 0 Å². The minimum absolute atomic E-state index is 0.0949. The number of aromatic nitrogens is 1. The molecule has 0 unspecified atom stereocenters. The summed E-state index contributed by atoms with van der Waals surface area (Å²) in [6.07, 6.45) is -4.35. The Hall–Kier alpha value is -1.14. The highest BCUT2D eigenvalue weighted by Crippen LogP contribution is 2.34. The Kier molecular flexibility index (Phi) is 4.07. The van der Waals surface area contributed by atoms with E-state index >= 15 is 0 Å². The molecule has 0 saturated carbocycles. The smallest absolute Gasteiger partial charge is 0.377 e. The quantitative estimate of drug-likeness (QED) is 0.924. The third kappa shape index (κ3) is 3.30. The van der Waals surface area contributed by atoms with Gasteiger partial charge in [0.1, 0.15) is 0 Å². The Labute approximate surface area is 116 Å². The molecular weight excluding hydrogens is 269 g/mol.